The first-order valence-electron chi connectivity index (χ1n) is 10.1. The van der Waals surface area contributed by atoms with Crippen molar-refractivity contribution in [2.75, 3.05) is 24.6 Å². The maximum Gasteiger partial charge on any atom is 0.0893 e. The van der Waals surface area contributed by atoms with Gasteiger partial charge in [-0.15, -0.1) is 6.58 Å². The second-order valence-corrected chi connectivity index (χ2v) is 6.20. The summed E-state index contributed by atoms with van der Waals surface area (Å²) in [5, 5.41) is 0. The fourth-order valence-electron chi connectivity index (χ4n) is 2.78. The third-order valence-corrected chi connectivity index (χ3v) is 4.30. The highest BCUT2D eigenvalue weighted by Gasteiger charge is 2.32. The second-order valence-electron chi connectivity index (χ2n) is 6.20. The molecule has 1 aliphatic heterocycles. The topological polar surface area (TPSA) is 25.4 Å². The first kappa shape index (κ1) is 23.6. The number of piperidine rings is 1. The van der Waals surface area contributed by atoms with Gasteiger partial charge in [0.1, 0.15) is 0 Å². The van der Waals surface area contributed by atoms with Crippen molar-refractivity contribution in [1.82, 2.24) is 4.98 Å². The number of pyridine rings is 1. The van der Waals surface area contributed by atoms with Crippen molar-refractivity contribution in [2.24, 2.45) is 0 Å². The summed E-state index contributed by atoms with van der Waals surface area (Å²) in [6.45, 7) is 21.3. The second kappa shape index (κ2) is 12.9. The zero-order chi connectivity index (χ0) is 19.3. The molecule has 144 valence electrons. The molecule has 0 N–H and O–H groups in total. The summed E-state index contributed by atoms with van der Waals surface area (Å²) in [6.07, 6.45) is 7.06. The fourth-order valence-corrected chi connectivity index (χ4v) is 2.78. The third-order valence-electron chi connectivity index (χ3n) is 4.30. The largest absolute Gasteiger partial charge is 0.371 e. The van der Waals surface area contributed by atoms with Crippen LogP contribution in [0.2, 0.25) is 0 Å². The van der Waals surface area contributed by atoms with Crippen molar-refractivity contribution in [3.63, 3.8) is 0 Å². The number of rotatable bonds is 6. The number of anilines is 1. The van der Waals surface area contributed by atoms with E-state index in [0.29, 0.717) is 5.92 Å². The van der Waals surface area contributed by atoms with E-state index in [2.05, 4.69) is 49.4 Å². The van der Waals surface area contributed by atoms with Crippen molar-refractivity contribution >= 4 is 5.69 Å². The molecule has 0 bridgehead atoms. The quantitative estimate of drug-likeness (QED) is 0.571. The van der Waals surface area contributed by atoms with Gasteiger partial charge in [-0.05, 0) is 37.3 Å². The lowest BCUT2D eigenvalue weighted by Gasteiger charge is -2.40. The van der Waals surface area contributed by atoms with Crippen LogP contribution in [0.25, 0.3) is 0 Å². The molecule has 25 heavy (non-hydrogen) atoms. The zero-order valence-corrected chi connectivity index (χ0v) is 17.6. The summed E-state index contributed by atoms with van der Waals surface area (Å²) < 4.78 is 6.04. The normalized spacial score (nSPS) is 15.6. The van der Waals surface area contributed by atoms with Gasteiger partial charge in [-0.3, -0.25) is 4.98 Å². The lowest BCUT2D eigenvalue weighted by molar-refractivity contribution is -0.0243. The van der Waals surface area contributed by atoms with Gasteiger partial charge in [0, 0.05) is 25.4 Å². The van der Waals surface area contributed by atoms with Crippen molar-refractivity contribution < 1.29 is 4.74 Å². The van der Waals surface area contributed by atoms with Gasteiger partial charge in [-0.1, -0.05) is 54.5 Å². The highest BCUT2D eigenvalue weighted by Crippen LogP contribution is 2.30. The Morgan fingerprint density at radius 2 is 1.80 bits per heavy atom. The molecule has 2 heterocycles. The molecule has 1 aromatic heterocycles. The van der Waals surface area contributed by atoms with Crippen LogP contribution in [0.5, 0.6) is 0 Å². The molecule has 1 aliphatic rings. The van der Waals surface area contributed by atoms with Gasteiger partial charge in [-0.2, -0.15) is 0 Å². The molecule has 1 fully saturated rings. The molecular formula is C22H40N2O. The summed E-state index contributed by atoms with van der Waals surface area (Å²) in [4.78, 5) is 6.96. The van der Waals surface area contributed by atoms with Crippen LogP contribution in [-0.2, 0) is 4.74 Å². The van der Waals surface area contributed by atoms with Crippen molar-refractivity contribution in [3.05, 3.63) is 36.7 Å². The Balaban J connectivity index is 0.00000134. The van der Waals surface area contributed by atoms with Gasteiger partial charge in [0.25, 0.3) is 0 Å². The average Bonchev–Trinajstić information content (AvgIpc) is 2.70. The van der Waals surface area contributed by atoms with Crippen molar-refractivity contribution in [1.29, 1.82) is 0 Å². The maximum absolute atomic E-state index is 6.04. The molecule has 2 rings (SSSR count). The van der Waals surface area contributed by atoms with Gasteiger partial charge in [0.05, 0.1) is 17.5 Å². The molecule has 3 nitrogen and oxygen atoms in total. The van der Waals surface area contributed by atoms with E-state index in [9.17, 15) is 0 Å². The molecule has 0 amide bonds. The Morgan fingerprint density at radius 1 is 1.20 bits per heavy atom. The Hall–Kier alpha value is -1.35. The van der Waals surface area contributed by atoms with Crippen molar-refractivity contribution in [3.8, 4) is 0 Å². The molecule has 0 spiro atoms. The van der Waals surface area contributed by atoms with E-state index in [1.807, 2.05) is 40.0 Å². The van der Waals surface area contributed by atoms with Gasteiger partial charge >= 0.3 is 0 Å². The van der Waals surface area contributed by atoms with E-state index in [4.69, 9.17) is 4.74 Å². The molecule has 0 saturated carbocycles. The first-order valence-corrected chi connectivity index (χ1v) is 10.1. The Morgan fingerprint density at radius 3 is 2.20 bits per heavy atom. The van der Waals surface area contributed by atoms with Crippen LogP contribution in [0, 0.1) is 0 Å². The van der Waals surface area contributed by atoms with Crippen LogP contribution in [-0.4, -0.2) is 30.3 Å². The highest BCUT2D eigenvalue weighted by atomic mass is 16.5. The Bertz CT molecular complexity index is 446. The molecule has 0 unspecified atom stereocenters. The van der Waals surface area contributed by atoms with E-state index >= 15 is 0 Å². The predicted octanol–water partition coefficient (Wildman–Crippen LogP) is 6.21. The average molecular weight is 349 g/mol. The van der Waals surface area contributed by atoms with Crippen LogP contribution in [0.1, 0.15) is 79.3 Å². The summed E-state index contributed by atoms with van der Waals surface area (Å²) in [5.41, 5.74) is 2.24. The molecular weight excluding hydrogens is 308 g/mol. The number of hydrogen-bond donors (Lipinski definition) is 0. The molecule has 0 aliphatic carbocycles. The maximum atomic E-state index is 6.04. The summed E-state index contributed by atoms with van der Waals surface area (Å²) in [7, 11) is 0. The Labute approximate surface area is 156 Å². The van der Waals surface area contributed by atoms with E-state index in [1.54, 1.807) is 0 Å². The minimum atomic E-state index is -0.127. The van der Waals surface area contributed by atoms with Crippen molar-refractivity contribution in [2.45, 2.75) is 79.2 Å². The molecule has 0 radical (unpaired) electrons. The van der Waals surface area contributed by atoms with Gasteiger partial charge in [0.15, 0.2) is 0 Å². The summed E-state index contributed by atoms with van der Waals surface area (Å²) >= 11 is 0. The lowest BCUT2D eigenvalue weighted by Crippen LogP contribution is -2.45. The first-order chi connectivity index (χ1) is 12.1. The molecule has 0 atom stereocenters. The van der Waals surface area contributed by atoms with E-state index in [-0.39, 0.29) is 5.60 Å². The number of nitrogens with zero attached hydrogens (tertiary/aromatic N) is 2. The zero-order valence-electron chi connectivity index (χ0n) is 17.6. The lowest BCUT2D eigenvalue weighted by atomic mass is 9.91. The minimum absolute atomic E-state index is 0.127. The SMILES string of the molecule is C=CC1(OCCC)CCN(c2ccc(C(C)C)nc2)CC1.CC.CC. The van der Waals surface area contributed by atoms with Crippen LogP contribution in [0.15, 0.2) is 31.0 Å². The van der Waals surface area contributed by atoms with Crippen LogP contribution in [0.3, 0.4) is 0 Å². The third kappa shape index (κ3) is 7.19. The monoisotopic (exact) mass is 348 g/mol. The standard InChI is InChI=1S/C18H28N2O.2C2H6/c1-5-13-21-18(6-2)9-11-20(12-10-18)16-7-8-17(15(3)4)19-14-16;2*1-2/h6-8,14-15H,2,5,9-13H2,1,3-4H3;2*1-2H3. The fraction of sp³-hybridized carbons (Fsp3) is 0.682. The minimum Gasteiger partial charge on any atom is -0.371 e. The predicted molar refractivity (Wildman–Crippen MR) is 112 cm³/mol. The molecule has 3 heteroatoms. The highest BCUT2D eigenvalue weighted by molar-refractivity contribution is 5.45. The molecule has 0 aromatic carbocycles. The number of hydrogen-bond acceptors (Lipinski definition) is 3. The van der Waals surface area contributed by atoms with Gasteiger partial charge < -0.3 is 9.64 Å². The van der Waals surface area contributed by atoms with E-state index < -0.39 is 0 Å². The summed E-state index contributed by atoms with van der Waals surface area (Å²) in [6, 6.07) is 4.33. The van der Waals surface area contributed by atoms with Gasteiger partial charge in [0.2, 0.25) is 0 Å². The van der Waals surface area contributed by atoms with Crippen LogP contribution < -0.4 is 4.90 Å². The summed E-state index contributed by atoms with van der Waals surface area (Å²) in [5.74, 6) is 0.483. The number of ether oxygens (including phenoxy) is 1. The van der Waals surface area contributed by atoms with Crippen LogP contribution >= 0.6 is 0 Å². The number of aromatic nitrogens is 1. The Kier molecular flexibility index (Phi) is 12.2. The van der Waals surface area contributed by atoms with Gasteiger partial charge in [-0.25, -0.2) is 0 Å². The molecule has 1 saturated heterocycles. The van der Waals surface area contributed by atoms with E-state index in [1.165, 1.54) is 5.69 Å². The smallest absolute Gasteiger partial charge is 0.0893 e. The van der Waals surface area contributed by atoms with Crippen LogP contribution in [0.4, 0.5) is 5.69 Å². The molecule has 1 aromatic rings. The van der Waals surface area contributed by atoms with E-state index in [0.717, 1.165) is 44.7 Å².